The van der Waals surface area contributed by atoms with Crippen molar-refractivity contribution in [2.24, 2.45) is 5.11 Å². The number of carbonyl (C=O) groups is 2. The van der Waals surface area contributed by atoms with E-state index in [1.54, 1.807) is 42.6 Å². The summed E-state index contributed by atoms with van der Waals surface area (Å²) in [7, 11) is 1.51. The van der Waals surface area contributed by atoms with Crippen molar-refractivity contribution in [1.29, 1.82) is 0 Å². The number of carbonyl (C=O) groups excluding carboxylic acids is 2. The van der Waals surface area contributed by atoms with E-state index in [9.17, 15) is 9.59 Å². The Balaban J connectivity index is 2.28. The summed E-state index contributed by atoms with van der Waals surface area (Å²) in [6.07, 6.45) is 1.60. The molecule has 0 aliphatic heterocycles. The summed E-state index contributed by atoms with van der Waals surface area (Å²) in [6.45, 7) is -0.301. The molecule has 2 rings (SSSR count). The fourth-order valence-electron chi connectivity index (χ4n) is 1.87. The number of benzene rings is 1. The first-order chi connectivity index (χ1) is 10.1. The van der Waals surface area contributed by atoms with E-state index in [4.69, 9.17) is 5.53 Å². The van der Waals surface area contributed by atoms with Crippen LogP contribution in [0.5, 0.6) is 0 Å². The Hall–Kier alpha value is -3.05. The molecule has 1 heterocycles. The van der Waals surface area contributed by atoms with Crippen LogP contribution in [0, 0.1) is 0 Å². The molecule has 0 spiro atoms. The lowest BCUT2D eigenvalue weighted by Crippen LogP contribution is -2.39. The van der Waals surface area contributed by atoms with Crippen LogP contribution in [-0.4, -0.2) is 30.0 Å². The van der Waals surface area contributed by atoms with E-state index in [1.807, 2.05) is 6.07 Å². The molecule has 1 aromatic heterocycles. The Morgan fingerprint density at radius 3 is 2.62 bits per heavy atom. The van der Waals surface area contributed by atoms with Crippen LogP contribution in [0.4, 0.5) is 0 Å². The molecule has 7 nitrogen and oxygen atoms in total. The predicted molar refractivity (Wildman–Crippen MR) is 77.5 cm³/mol. The monoisotopic (exact) mass is 283 g/mol. The minimum atomic E-state index is -0.411. The average Bonchev–Trinajstić information content (AvgIpc) is 3.01. The van der Waals surface area contributed by atoms with Gasteiger partial charge in [-0.2, -0.15) is 0 Å². The molecular weight excluding hydrogens is 270 g/mol. The molecule has 0 aliphatic rings. The summed E-state index contributed by atoms with van der Waals surface area (Å²) in [5, 5.41) is 4.47. The summed E-state index contributed by atoms with van der Waals surface area (Å²) in [5.74, 6) is -0.602. The summed E-state index contributed by atoms with van der Waals surface area (Å²) >= 11 is 0. The van der Waals surface area contributed by atoms with Crippen molar-refractivity contribution in [3.8, 4) is 0 Å². The molecule has 2 aromatic rings. The molecule has 0 saturated carbocycles. The number of azide groups is 1. The Morgan fingerprint density at radius 1 is 1.24 bits per heavy atom. The van der Waals surface area contributed by atoms with Crippen molar-refractivity contribution in [1.82, 2.24) is 4.68 Å². The van der Waals surface area contributed by atoms with Gasteiger partial charge in [0.05, 0.1) is 0 Å². The highest BCUT2D eigenvalue weighted by atomic mass is 16.2. The number of aromatic nitrogens is 1. The quantitative estimate of drug-likeness (QED) is 0.364. The molecule has 0 fully saturated rings. The molecule has 0 saturated heterocycles. The Kier molecular flexibility index (Phi) is 4.38. The second-order valence-corrected chi connectivity index (χ2v) is 4.24. The fourth-order valence-corrected chi connectivity index (χ4v) is 1.87. The molecule has 0 N–H and O–H groups in total. The SMILES string of the molecule is CN(C(=O)CN=[N+]=[N-])n1cccc1C(=O)c1ccccc1. The highest BCUT2D eigenvalue weighted by molar-refractivity contribution is 6.08. The van der Waals surface area contributed by atoms with Gasteiger partial charge in [0.1, 0.15) is 12.2 Å². The lowest BCUT2D eigenvalue weighted by Gasteiger charge is -2.20. The van der Waals surface area contributed by atoms with Crippen molar-refractivity contribution < 1.29 is 9.59 Å². The van der Waals surface area contributed by atoms with Gasteiger partial charge in [-0.15, -0.1) is 0 Å². The minimum absolute atomic E-state index is 0.191. The van der Waals surface area contributed by atoms with Gasteiger partial charge in [-0.25, -0.2) is 0 Å². The van der Waals surface area contributed by atoms with E-state index in [2.05, 4.69) is 10.0 Å². The summed E-state index contributed by atoms with van der Waals surface area (Å²) < 4.78 is 1.44. The molecule has 21 heavy (non-hydrogen) atoms. The molecule has 1 aromatic carbocycles. The maximum absolute atomic E-state index is 12.4. The number of rotatable bonds is 5. The molecular formula is C14H13N5O2. The van der Waals surface area contributed by atoms with Gasteiger partial charge < -0.3 is 0 Å². The van der Waals surface area contributed by atoms with Gasteiger partial charge in [-0.05, 0) is 17.7 Å². The predicted octanol–water partition coefficient (Wildman–Crippen LogP) is 2.12. The number of amides is 1. The van der Waals surface area contributed by atoms with Crippen molar-refractivity contribution in [3.63, 3.8) is 0 Å². The first-order valence-electron chi connectivity index (χ1n) is 6.20. The zero-order valence-electron chi connectivity index (χ0n) is 11.4. The molecule has 0 unspecified atom stereocenters. The standard InChI is InChI=1S/C14H13N5O2/c1-18(13(20)10-16-17-15)19-9-5-8-12(19)14(21)11-6-3-2-4-7-11/h2-9H,10H2,1H3. The summed E-state index contributed by atoms with van der Waals surface area (Å²) in [4.78, 5) is 26.8. The van der Waals surface area contributed by atoms with Crippen molar-refractivity contribution >= 4 is 11.7 Å². The van der Waals surface area contributed by atoms with Gasteiger partial charge in [-0.1, -0.05) is 35.4 Å². The van der Waals surface area contributed by atoms with Gasteiger partial charge in [0, 0.05) is 23.7 Å². The van der Waals surface area contributed by atoms with Gasteiger partial charge >= 0.3 is 0 Å². The summed E-state index contributed by atoms with van der Waals surface area (Å²) in [5.41, 5.74) is 9.14. The van der Waals surface area contributed by atoms with Crippen molar-refractivity contribution in [2.75, 3.05) is 18.6 Å². The molecule has 7 heteroatoms. The molecule has 0 bridgehead atoms. The number of ketones is 1. The number of hydrogen-bond donors (Lipinski definition) is 0. The van der Waals surface area contributed by atoms with E-state index >= 15 is 0 Å². The lowest BCUT2D eigenvalue weighted by atomic mass is 10.1. The van der Waals surface area contributed by atoms with E-state index in [0.717, 1.165) is 0 Å². The van der Waals surface area contributed by atoms with Crippen LogP contribution in [0.3, 0.4) is 0 Å². The van der Waals surface area contributed by atoms with Crippen LogP contribution >= 0.6 is 0 Å². The van der Waals surface area contributed by atoms with E-state index in [1.165, 1.54) is 16.7 Å². The van der Waals surface area contributed by atoms with E-state index in [0.29, 0.717) is 11.3 Å². The molecule has 106 valence electrons. The maximum atomic E-state index is 12.4. The van der Waals surface area contributed by atoms with Gasteiger partial charge in [0.2, 0.25) is 11.7 Å². The van der Waals surface area contributed by atoms with Crippen LogP contribution in [0.2, 0.25) is 0 Å². The van der Waals surface area contributed by atoms with E-state index < -0.39 is 5.91 Å². The third-order valence-corrected chi connectivity index (χ3v) is 2.95. The highest BCUT2D eigenvalue weighted by Gasteiger charge is 2.18. The van der Waals surface area contributed by atoms with Crippen LogP contribution in [0.1, 0.15) is 16.1 Å². The lowest BCUT2D eigenvalue weighted by molar-refractivity contribution is -0.118. The molecule has 1 amide bonds. The van der Waals surface area contributed by atoms with Crippen molar-refractivity contribution in [3.05, 3.63) is 70.4 Å². The summed E-state index contributed by atoms with van der Waals surface area (Å²) in [6, 6.07) is 12.1. The van der Waals surface area contributed by atoms with Crippen LogP contribution < -0.4 is 5.01 Å². The van der Waals surface area contributed by atoms with Crippen molar-refractivity contribution in [2.45, 2.75) is 0 Å². The van der Waals surface area contributed by atoms with Gasteiger partial charge in [0.25, 0.3) is 0 Å². The Labute approximate surface area is 121 Å². The largest absolute Gasteiger partial charge is 0.287 e. The second kappa shape index (κ2) is 6.40. The Bertz CT molecular complexity index is 701. The number of likely N-dealkylation sites (N-methyl/N-ethyl adjacent to an activating group) is 1. The zero-order chi connectivity index (χ0) is 15.2. The smallest absolute Gasteiger partial charge is 0.246 e. The Morgan fingerprint density at radius 2 is 1.95 bits per heavy atom. The second-order valence-electron chi connectivity index (χ2n) is 4.24. The molecule has 0 radical (unpaired) electrons. The van der Waals surface area contributed by atoms with Crippen LogP contribution in [0.25, 0.3) is 10.4 Å². The first kappa shape index (κ1) is 14.4. The topological polar surface area (TPSA) is 91.1 Å². The molecule has 0 atom stereocenters. The highest BCUT2D eigenvalue weighted by Crippen LogP contribution is 2.11. The minimum Gasteiger partial charge on any atom is -0.287 e. The van der Waals surface area contributed by atoms with E-state index in [-0.39, 0.29) is 12.3 Å². The maximum Gasteiger partial charge on any atom is 0.246 e. The zero-order valence-corrected chi connectivity index (χ0v) is 11.4. The van der Waals surface area contributed by atoms with Gasteiger partial charge in [0.15, 0.2) is 0 Å². The molecule has 0 aliphatic carbocycles. The fraction of sp³-hybridized carbons (Fsp3) is 0.143. The third-order valence-electron chi connectivity index (χ3n) is 2.95. The van der Waals surface area contributed by atoms with Gasteiger partial charge in [-0.3, -0.25) is 19.3 Å². The van der Waals surface area contributed by atoms with Crippen LogP contribution in [-0.2, 0) is 4.79 Å². The average molecular weight is 283 g/mol. The number of hydrogen-bond acceptors (Lipinski definition) is 3. The third kappa shape index (κ3) is 3.10. The first-order valence-corrected chi connectivity index (χ1v) is 6.20. The van der Waals surface area contributed by atoms with Crippen LogP contribution in [0.15, 0.2) is 53.8 Å². The normalized spacial score (nSPS) is 9.76. The number of nitrogens with zero attached hydrogens (tertiary/aromatic N) is 5.